The Morgan fingerprint density at radius 2 is 2.00 bits per heavy atom. The number of aromatic nitrogens is 4. The monoisotopic (exact) mass is 441 g/mol. The van der Waals surface area contributed by atoms with E-state index < -0.39 is 0 Å². The number of carbonyl (C=O) groups excluding carboxylic acids is 1. The van der Waals surface area contributed by atoms with Gasteiger partial charge in [-0.1, -0.05) is 11.8 Å². The molecule has 0 bridgehead atoms. The number of methoxy groups -OCH3 is 2. The van der Waals surface area contributed by atoms with Gasteiger partial charge in [0.15, 0.2) is 0 Å². The number of amides is 1. The van der Waals surface area contributed by atoms with E-state index in [1.165, 1.54) is 11.8 Å². The lowest BCUT2D eigenvalue weighted by atomic mass is 10.0. The number of nitrogens with zero attached hydrogens (tertiary/aromatic N) is 5. The van der Waals surface area contributed by atoms with Crippen molar-refractivity contribution in [2.75, 3.05) is 26.5 Å². The molecule has 2 aromatic carbocycles. The quantitative estimate of drug-likeness (QED) is 0.559. The van der Waals surface area contributed by atoms with Gasteiger partial charge in [0, 0.05) is 12.1 Å². The molecule has 0 aliphatic carbocycles. The Morgan fingerprint density at radius 1 is 1.19 bits per heavy atom. The van der Waals surface area contributed by atoms with Crippen LogP contribution in [0.5, 0.6) is 17.2 Å². The second-order valence-corrected chi connectivity index (χ2v) is 7.97. The second kappa shape index (κ2) is 9.25. The molecule has 31 heavy (non-hydrogen) atoms. The Morgan fingerprint density at radius 3 is 2.74 bits per heavy atom. The highest BCUT2D eigenvalue weighted by Gasteiger charge is 2.32. The van der Waals surface area contributed by atoms with Gasteiger partial charge in [-0.3, -0.25) is 4.79 Å². The molecule has 9 nitrogen and oxygen atoms in total. The fraction of sp³-hybridized carbons (Fsp3) is 0.333. The summed E-state index contributed by atoms with van der Waals surface area (Å²) in [6.45, 7) is 0.688. The number of carbonyl (C=O) groups is 1. The topological polar surface area (TPSA) is 103 Å². The SMILES string of the molecule is COc1ccc(OC)c([C@H]2CCCN2C(=O)CSc2nnnn2-c2ccc(O)cc2)c1. The molecule has 3 aromatic rings. The van der Waals surface area contributed by atoms with Gasteiger partial charge in [-0.25, -0.2) is 0 Å². The van der Waals surface area contributed by atoms with Crippen molar-refractivity contribution < 1.29 is 19.4 Å². The number of tetrazole rings is 1. The Balaban J connectivity index is 1.48. The zero-order valence-corrected chi connectivity index (χ0v) is 18.1. The molecule has 0 radical (unpaired) electrons. The molecule has 4 rings (SSSR count). The van der Waals surface area contributed by atoms with Crippen molar-refractivity contribution in [2.24, 2.45) is 0 Å². The van der Waals surface area contributed by atoms with E-state index >= 15 is 0 Å². The fourth-order valence-electron chi connectivity index (χ4n) is 3.72. The maximum Gasteiger partial charge on any atom is 0.233 e. The number of rotatable bonds is 7. The van der Waals surface area contributed by atoms with Gasteiger partial charge in [0.25, 0.3) is 0 Å². The van der Waals surface area contributed by atoms with Crippen LogP contribution < -0.4 is 9.47 Å². The summed E-state index contributed by atoms with van der Waals surface area (Å²) in [5.74, 6) is 1.86. The van der Waals surface area contributed by atoms with Crippen LogP contribution in [-0.4, -0.2) is 62.6 Å². The molecule has 1 aliphatic heterocycles. The average molecular weight is 442 g/mol. The highest BCUT2D eigenvalue weighted by Crippen LogP contribution is 2.39. The second-order valence-electron chi connectivity index (χ2n) is 7.03. The molecular weight excluding hydrogens is 418 g/mol. The molecule has 1 amide bonds. The summed E-state index contributed by atoms with van der Waals surface area (Å²) >= 11 is 1.28. The first kappa shape index (κ1) is 21.0. The van der Waals surface area contributed by atoms with Crippen molar-refractivity contribution in [3.63, 3.8) is 0 Å². The van der Waals surface area contributed by atoms with Gasteiger partial charge in [0.2, 0.25) is 11.1 Å². The van der Waals surface area contributed by atoms with Crippen LogP contribution in [0.4, 0.5) is 0 Å². The van der Waals surface area contributed by atoms with Crippen molar-refractivity contribution in [3.8, 4) is 22.9 Å². The van der Waals surface area contributed by atoms with E-state index in [9.17, 15) is 9.90 Å². The summed E-state index contributed by atoms with van der Waals surface area (Å²) < 4.78 is 12.4. The molecule has 1 aliphatic rings. The van der Waals surface area contributed by atoms with Crippen LogP contribution in [0.15, 0.2) is 47.6 Å². The van der Waals surface area contributed by atoms with E-state index in [0.29, 0.717) is 17.4 Å². The first-order valence-corrected chi connectivity index (χ1v) is 10.8. The Bertz CT molecular complexity index is 1060. The predicted molar refractivity (Wildman–Crippen MR) is 115 cm³/mol. The van der Waals surface area contributed by atoms with Gasteiger partial charge in [0.1, 0.15) is 17.2 Å². The normalized spacial score (nSPS) is 15.8. The average Bonchev–Trinajstić information content (AvgIpc) is 3.47. The number of phenols is 1. The summed E-state index contributed by atoms with van der Waals surface area (Å²) in [5.41, 5.74) is 1.66. The van der Waals surface area contributed by atoms with Crippen molar-refractivity contribution in [1.29, 1.82) is 0 Å². The zero-order valence-electron chi connectivity index (χ0n) is 17.3. The molecule has 1 atom stereocenters. The third-order valence-electron chi connectivity index (χ3n) is 5.23. The van der Waals surface area contributed by atoms with Gasteiger partial charge in [0.05, 0.1) is 31.7 Å². The minimum atomic E-state index is -0.0637. The van der Waals surface area contributed by atoms with Crippen LogP contribution in [0.2, 0.25) is 0 Å². The molecule has 10 heteroatoms. The largest absolute Gasteiger partial charge is 0.508 e. The fourth-order valence-corrected chi connectivity index (χ4v) is 4.50. The van der Waals surface area contributed by atoms with E-state index in [4.69, 9.17) is 9.47 Å². The number of likely N-dealkylation sites (tertiary alicyclic amines) is 1. The van der Waals surface area contributed by atoms with E-state index in [-0.39, 0.29) is 23.5 Å². The standard InChI is InChI=1S/C21H23N5O4S/c1-29-16-9-10-19(30-2)17(12-16)18-4-3-11-25(18)20(28)13-31-21-22-23-24-26(21)14-5-7-15(27)8-6-14/h5-10,12,18,27H,3-4,11,13H2,1-2H3/t18-/m1/s1. The number of aromatic hydroxyl groups is 1. The highest BCUT2D eigenvalue weighted by atomic mass is 32.2. The van der Waals surface area contributed by atoms with Crippen LogP contribution in [0.1, 0.15) is 24.4 Å². The maximum atomic E-state index is 13.1. The number of phenolic OH excluding ortho intramolecular Hbond substituents is 1. The summed E-state index contributed by atoms with van der Waals surface area (Å²) in [7, 11) is 3.25. The predicted octanol–water partition coefficient (Wildman–Crippen LogP) is 2.84. The number of benzene rings is 2. The van der Waals surface area contributed by atoms with Crippen molar-refractivity contribution in [1.82, 2.24) is 25.1 Å². The van der Waals surface area contributed by atoms with Crippen molar-refractivity contribution in [3.05, 3.63) is 48.0 Å². The number of thioether (sulfide) groups is 1. The molecule has 162 valence electrons. The lowest BCUT2D eigenvalue weighted by Crippen LogP contribution is -2.32. The zero-order chi connectivity index (χ0) is 21.8. The minimum Gasteiger partial charge on any atom is -0.508 e. The Kier molecular flexibility index (Phi) is 6.26. The van der Waals surface area contributed by atoms with Gasteiger partial charge >= 0.3 is 0 Å². The Hall–Kier alpha value is -3.27. The third kappa shape index (κ3) is 4.43. The van der Waals surface area contributed by atoms with Gasteiger partial charge < -0.3 is 19.5 Å². The number of hydrogen-bond acceptors (Lipinski definition) is 8. The first-order chi connectivity index (χ1) is 15.1. The van der Waals surface area contributed by atoms with Crippen LogP contribution in [0.25, 0.3) is 5.69 Å². The van der Waals surface area contributed by atoms with E-state index in [2.05, 4.69) is 15.5 Å². The van der Waals surface area contributed by atoms with Crippen molar-refractivity contribution >= 4 is 17.7 Å². The lowest BCUT2D eigenvalue weighted by Gasteiger charge is -2.26. The van der Waals surface area contributed by atoms with E-state index in [1.807, 2.05) is 23.1 Å². The van der Waals surface area contributed by atoms with Gasteiger partial charge in [-0.15, -0.1) is 5.10 Å². The van der Waals surface area contributed by atoms with Crippen LogP contribution in [-0.2, 0) is 4.79 Å². The van der Waals surface area contributed by atoms with Crippen LogP contribution in [0.3, 0.4) is 0 Å². The lowest BCUT2D eigenvalue weighted by molar-refractivity contribution is -0.129. The smallest absolute Gasteiger partial charge is 0.233 e. The summed E-state index contributed by atoms with van der Waals surface area (Å²) in [4.78, 5) is 15.0. The van der Waals surface area contributed by atoms with E-state index in [1.54, 1.807) is 43.2 Å². The first-order valence-electron chi connectivity index (χ1n) is 9.82. The molecule has 0 spiro atoms. The highest BCUT2D eigenvalue weighted by molar-refractivity contribution is 7.99. The molecule has 1 saturated heterocycles. The number of ether oxygens (including phenoxy) is 2. The van der Waals surface area contributed by atoms with Crippen LogP contribution in [0, 0.1) is 0 Å². The summed E-state index contributed by atoms with van der Waals surface area (Å²) in [5, 5.41) is 21.7. The molecule has 1 fully saturated rings. The Labute approximate surface area is 184 Å². The summed E-state index contributed by atoms with van der Waals surface area (Å²) in [6.07, 6.45) is 1.79. The van der Waals surface area contributed by atoms with Crippen molar-refractivity contribution in [2.45, 2.75) is 24.0 Å². The molecule has 2 heterocycles. The summed E-state index contributed by atoms with van der Waals surface area (Å²) in [6, 6.07) is 12.1. The number of hydrogen-bond donors (Lipinski definition) is 1. The maximum absolute atomic E-state index is 13.1. The molecule has 0 saturated carbocycles. The van der Waals surface area contributed by atoms with Gasteiger partial charge in [-0.2, -0.15) is 4.68 Å². The molecule has 1 N–H and O–H groups in total. The molecular formula is C21H23N5O4S. The third-order valence-corrected chi connectivity index (χ3v) is 6.13. The molecule has 0 unspecified atom stereocenters. The van der Waals surface area contributed by atoms with E-state index in [0.717, 1.165) is 29.9 Å². The van der Waals surface area contributed by atoms with Crippen LogP contribution >= 0.6 is 11.8 Å². The molecule has 1 aromatic heterocycles. The minimum absolute atomic E-state index is 0.0117. The van der Waals surface area contributed by atoms with Gasteiger partial charge in [-0.05, 0) is 65.7 Å².